The molecule has 24 heavy (non-hydrogen) atoms. The fourth-order valence-corrected chi connectivity index (χ4v) is 2.45. The Morgan fingerprint density at radius 1 is 1.25 bits per heavy atom. The molecule has 2 aromatic heterocycles. The van der Waals surface area contributed by atoms with E-state index in [1.165, 1.54) is 4.90 Å². The summed E-state index contributed by atoms with van der Waals surface area (Å²) in [6, 6.07) is 15.0. The highest BCUT2D eigenvalue weighted by atomic mass is 16.2. The van der Waals surface area contributed by atoms with Crippen LogP contribution in [0.3, 0.4) is 0 Å². The van der Waals surface area contributed by atoms with Gasteiger partial charge >= 0.3 is 0 Å². The van der Waals surface area contributed by atoms with Crippen LogP contribution < -0.4 is 4.90 Å². The van der Waals surface area contributed by atoms with Gasteiger partial charge in [-0.05, 0) is 30.7 Å². The molecule has 5 nitrogen and oxygen atoms in total. The second kappa shape index (κ2) is 6.47. The van der Waals surface area contributed by atoms with Crippen LogP contribution in [0.4, 0.5) is 5.82 Å². The van der Waals surface area contributed by atoms with Crippen molar-refractivity contribution in [3.63, 3.8) is 0 Å². The lowest BCUT2D eigenvalue weighted by Gasteiger charge is -2.17. The van der Waals surface area contributed by atoms with Gasteiger partial charge in [0.1, 0.15) is 5.82 Å². The Kier molecular flexibility index (Phi) is 4.21. The summed E-state index contributed by atoms with van der Waals surface area (Å²) in [4.78, 5) is 22.7. The Hall–Kier alpha value is -3.26. The maximum atomic E-state index is 12.5. The maximum Gasteiger partial charge on any atom is 0.232 e. The first kappa shape index (κ1) is 15.6. The van der Waals surface area contributed by atoms with Crippen molar-refractivity contribution in [2.24, 2.45) is 0 Å². The molecule has 3 aromatic rings. The van der Waals surface area contributed by atoms with Gasteiger partial charge in [0.15, 0.2) is 0 Å². The van der Waals surface area contributed by atoms with Gasteiger partial charge in [-0.15, -0.1) is 0 Å². The molecule has 0 N–H and O–H groups in total. The number of hydrogen-bond acceptors (Lipinski definition) is 4. The van der Waals surface area contributed by atoms with E-state index in [2.05, 4.69) is 16.0 Å². The minimum Gasteiger partial charge on any atom is -0.300 e. The summed E-state index contributed by atoms with van der Waals surface area (Å²) in [5.74, 6) is 0.364. The minimum absolute atomic E-state index is 0.104. The Morgan fingerprint density at radius 2 is 2.04 bits per heavy atom. The van der Waals surface area contributed by atoms with Crippen LogP contribution in [0.25, 0.3) is 10.9 Å². The number of anilines is 1. The fraction of sp³-hybridized carbons (Fsp3) is 0.158. The third-order valence-corrected chi connectivity index (χ3v) is 3.87. The number of rotatable bonds is 3. The van der Waals surface area contributed by atoms with Crippen molar-refractivity contribution >= 4 is 22.6 Å². The van der Waals surface area contributed by atoms with Gasteiger partial charge in [-0.25, -0.2) is 4.98 Å². The number of aromatic nitrogens is 2. The molecule has 0 fully saturated rings. The molecule has 0 saturated heterocycles. The summed E-state index contributed by atoms with van der Waals surface area (Å²) in [5.41, 5.74) is 2.96. The molecule has 0 aliphatic carbocycles. The Balaban J connectivity index is 1.90. The lowest BCUT2D eigenvalue weighted by molar-refractivity contribution is -0.117. The zero-order chi connectivity index (χ0) is 17.1. The van der Waals surface area contributed by atoms with Crippen LogP contribution in [-0.2, 0) is 11.2 Å². The first-order valence-corrected chi connectivity index (χ1v) is 7.56. The molecule has 1 amide bonds. The van der Waals surface area contributed by atoms with E-state index in [1.807, 2.05) is 43.3 Å². The average molecular weight is 316 g/mol. The van der Waals surface area contributed by atoms with Crippen LogP contribution in [0, 0.1) is 18.3 Å². The molecule has 0 aliphatic heterocycles. The molecular weight excluding hydrogens is 300 g/mol. The molecule has 5 heteroatoms. The number of benzene rings is 1. The van der Waals surface area contributed by atoms with Crippen molar-refractivity contribution in [1.29, 1.82) is 5.26 Å². The molecule has 1 aromatic carbocycles. The highest BCUT2D eigenvalue weighted by Gasteiger charge is 2.15. The number of nitriles is 1. The molecule has 3 rings (SSSR count). The van der Waals surface area contributed by atoms with E-state index < -0.39 is 0 Å². The molecule has 0 aliphatic rings. The van der Waals surface area contributed by atoms with Crippen molar-refractivity contribution in [2.45, 2.75) is 13.3 Å². The number of aryl methyl sites for hydroxylation is 1. The lowest BCUT2D eigenvalue weighted by Crippen LogP contribution is -2.28. The van der Waals surface area contributed by atoms with Gasteiger partial charge in [-0.1, -0.05) is 24.3 Å². The summed E-state index contributed by atoms with van der Waals surface area (Å²) in [6.07, 6.45) is 1.94. The topological polar surface area (TPSA) is 69.9 Å². The highest BCUT2D eigenvalue weighted by molar-refractivity contribution is 5.95. The van der Waals surface area contributed by atoms with Crippen molar-refractivity contribution in [3.05, 3.63) is 65.5 Å². The smallest absolute Gasteiger partial charge is 0.232 e. The van der Waals surface area contributed by atoms with Crippen molar-refractivity contribution < 1.29 is 4.79 Å². The third kappa shape index (κ3) is 3.08. The van der Waals surface area contributed by atoms with E-state index in [9.17, 15) is 10.1 Å². The van der Waals surface area contributed by atoms with E-state index in [0.717, 1.165) is 16.6 Å². The standard InChI is InChI=1S/C19H16N4O/c1-13-7-8-14(12-21-13)9-19(24)23(2)18-10-15(11-20)16-5-3-4-6-17(16)22-18/h3-8,10,12H,9H2,1-2H3. The first-order chi connectivity index (χ1) is 11.6. The summed E-state index contributed by atoms with van der Waals surface area (Å²) in [6.45, 7) is 1.90. The van der Waals surface area contributed by atoms with Gasteiger partial charge in [0.25, 0.3) is 0 Å². The molecule has 0 bridgehead atoms. The van der Waals surface area contributed by atoms with E-state index in [-0.39, 0.29) is 12.3 Å². The van der Waals surface area contributed by atoms with Crippen LogP contribution in [0.1, 0.15) is 16.8 Å². The van der Waals surface area contributed by atoms with Crippen molar-refractivity contribution in [3.8, 4) is 6.07 Å². The van der Waals surface area contributed by atoms with E-state index in [0.29, 0.717) is 16.9 Å². The third-order valence-electron chi connectivity index (χ3n) is 3.87. The number of nitrogens with zero attached hydrogens (tertiary/aromatic N) is 4. The number of likely N-dealkylation sites (N-methyl/N-ethyl adjacent to an activating group) is 1. The number of fused-ring (bicyclic) bond motifs is 1. The molecule has 0 spiro atoms. The number of carbonyl (C=O) groups is 1. The Labute approximate surface area is 140 Å². The van der Waals surface area contributed by atoms with Gasteiger partial charge < -0.3 is 0 Å². The summed E-state index contributed by atoms with van der Waals surface area (Å²) >= 11 is 0. The van der Waals surface area contributed by atoms with Crippen LogP contribution in [0.5, 0.6) is 0 Å². The summed E-state index contributed by atoms with van der Waals surface area (Å²) in [7, 11) is 1.67. The van der Waals surface area contributed by atoms with Crippen molar-refractivity contribution in [2.75, 3.05) is 11.9 Å². The zero-order valence-corrected chi connectivity index (χ0v) is 13.5. The van der Waals surface area contributed by atoms with E-state index in [4.69, 9.17) is 0 Å². The maximum absolute atomic E-state index is 12.5. The van der Waals surface area contributed by atoms with Crippen LogP contribution in [0.15, 0.2) is 48.7 Å². The molecule has 0 saturated carbocycles. The van der Waals surface area contributed by atoms with Gasteiger partial charge in [-0.2, -0.15) is 5.26 Å². The van der Waals surface area contributed by atoms with Gasteiger partial charge in [-0.3, -0.25) is 14.7 Å². The number of pyridine rings is 2. The second-order valence-electron chi connectivity index (χ2n) is 5.59. The molecule has 2 heterocycles. The molecule has 0 atom stereocenters. The predicted octanol–water partition coefficient (Wildman–Crippen LogP) is 3.02. The largest absolute Gasteiger partial charge is 0.300 e. The Morgan fingerprint density at radius 3 is 2.75 bits per heavy atom. The highest BCUT2D eigenvalue weighted by Crippen LogP contribution is 2.22. The van der Waals surface area contributed by atoms with Gasteiger partial charge in [0.05, 0.1) is 23.6 Å². The average Bonchev–Trinajstić information content (AvgIpc) is 2.62. The molecule has 0 radical (unpaired) electrons. The van der Waals surface area contributed by atoms with E-state index in [1.54, 1.807) is 19.3 Å². The van der Waals surface area contributed by atoms with Crippen LogP contribution in [0.2, 0.25) is 0 Å². The number of para-hydroxylation sites is 1. The number of amides is 1. The van der Waals surface area contributed by atoms with Gasteiger partial charge in [0.2, 0.25) is 5.91 Å². The molecule has 118 valence electrons. The van der Waals surface area contributed by atoms with Gasteiger partial charge in [0, 0.05) is 24.3 Å². The summed E-state index contributed by atoms with van der Waals surface area (Å²) in [5, 5.41) is 10.1. The number of carbonyl (C=O) groups excluding carboxylic acids is 1. The minimum atomic E-state index is -0.104. The zero-order valence-electron chi connectivity index (χ0n) is 13.5. The lowest BCUT2D eigenvalue weighted by atomic mass is 10.1. The normalized spacial score (nSPS) is 10.4. The quantitative estimate of drug-likeness (QED) is 0.745. The van der Waals surface area contributed by atoms with E-state index >= 15 is 0 Å². The van der Waals surface area contributed by atoms with Crippen molar-refractivity contribution in [1.82, 2.24) is 9.97 Å². The number of hydrogen-bond donors (Lipinski definition) is 0. The van der Waals surface area contributed by atoms with Crippen LogP contribution in [-0.4, -0.2) is 22.9 Å². The molecule has 0 unspecified atom stereocenters. The monoisotopic (exact) mass is 316 g/mol. The summed E-state index contributed by atoms with van der Waals surface area (Å²) < 4.78 is 0. The second-order valence-corrected chi connectivity index (χ2v) is 5.59. The Bertz CT molecular complexity index is 942. The SMILES string of the molecule is Cc1ccc(CC(=O)N(C)c2cc(C#N)c3ccccc3n2)cn1. The first-order valence-electron chi connectivity index (χ1n) is 7.56. The fourth-order valence-electron chi connectivity index (χ4n) is 2.45. The van der Waals surface area contributed by atoms with Crippen LogP contribution >= 0.6 is 0 Å². The predicted molar refractivity (Wildman–Crippen MR) is 92.5 cm³/mol. The molecular formula is C19H16N4O.